The van der Waals surface area contributed by atoms with Gasteiger partial charge in [0, 0.05) is 25.7 Å². The topological polar surface area (TPSA) is 97.6 Å². The molecular formula is C22H31N5O4S2. The van der Waals surface area contributed by atoms with E-state index in [0.29, 0.717) is 31.3 Å². The summed E-state index contributed by atoms with van der Waals surface area (Å²) in [5, 5.41) is 9.14. The van der Waals surface area contributed by atoms with Gasteiger partial charge in [-0.2, -0.15) is 0 Å². The molecule has 9 nitrogen and oxygen atoms in total. The minimum absolute atomic E-state index is 0.0463. The maximum Gasteiger partial charge on any atom is 0.236 e. The van der Waals surface area contributed by atoms with Crippen molar-refractivity contribution in [1.82, 2.24) is 19.7 Å². The van der Waals surface area contributed by atoms with Crippen molar-refractivity contribution in [3.8, 4) is 5.69 Å². The molecule has 2 atom stereocenters. The third-order valence-electron chi connectivity index (χ3n) is 6.07. The number of benzene rings is 1. The predicted molar refractivity (Wildman–Crippen MR) is 129 cm³/mol. The molecule has 0 aliphatic carbocycles. The van der Waals surface area contributed by atoms with Crippen molar-refractivity contribution in [1.29, 1.82) is 0 Å². The van der Waals surface area contributed by atoms with Crippen LogP contribution in [0.1, 0.15) is 25.8 Å². The van der Waals surface area contributed by atoms with Gasteiger partial charge in [-0.3, -0.25) is 9.36 Å². The lowest BCUT2D eigenvalue weighted by atomic mass is 10.2. The van der Waals surface area contributed by atoms with Crippen LogP contribution in [0.15, 0.2) is 29.4 Å². The number of amides is 1. The van der Waals surface area contributed by atoms with Gasteiger partial charge in [0.25, 0.3) is 0 Å². The number of carbonyl (C=O) groups excluding carboxylic acids is 1. The number of ether oxygens (including phenoxy) is 1. The van der Waals surface area contributed by atoms with E-state index in [2.05, 4.69) is 21.2 Å². The lowest BCUT2D eigenvalue weighted by molar-refractivity contribution is -0.131. The first-order valence-electron chi connectivity index (χ1n) is 11.3. The molecule has 0 spiro atoms. The van der Waals surface area contributed by atoms with Crippen molar-refractivity contribution >= 4 is 33.5 Å². The minimum Gasteiger partial charge on any atom is -0.378 e. The summed E-state index contributed by atoms with van der Waals surface area (Å²) in [4.78, 5) is 17.2. The molecule has 2 aliphatic heterocycles. The summed E-state index contributed by atoms with van der Waals surface area (Å²) in [6.45, 7) is 8.98. The third-order valence-corrected chi connectivity index (χ3v) is 8.85. The molecule has 2 fully saturated rings. The molecule has 33 heavy (non-hydrogen) atoms. The summed E-state index contributed by atoms with van der Waals surface area (Å²) in [7, 11) is -3.07. The SMILES string of the molecule is CCN(C(=O)C(C)Sc1nnc(N2CCOCC2)n1-c1cccc(C)c1)C1CCS(=O)(=O)C1. The van der Waals surface area contributed by atoms with E-state index in [4.69, 9.17) is 4.74 Å². The zero-order chi connectivity index (χ0) is 23.6. The van der Waals surface area contributed by atoms with Crippen LogP contribution in [0.2, 0.25) is 0 Å². The van der Waals surface area contributed by atoms with Crippen molar-refractivity contribution in [2.45, 2.75) is 43.6 Å². The van der Waals surface area contributed by atoms with E-state index in [-0.39, 0.29) is 23.5 Å². The molecule has 2 aromatic rings. The number of morpholine rings is 1. The molecule has 0 radical (unpaired) electrons. The van der Waals surface area contributed by atoms with Gasteiger partial charge in [-0.15, -0.1) is 10.2 Å². The van der Waals surface area contributed by atoms with E-state index in [9.17, 15) is 13.2 Å². The largest absolute Gasteiger partial charge is 0.378 e. The van der Waals surface area contributed by atoms with Crippen molar-refractivity contribution in [3.63, 3.8) is 0 Å². The van der Waals surface area contributed by atoms with Crippen molar-refractivity contribution in [2.24, 2.45) is 0 Å². The lowest BCUT2D eigenvalue weighted by Crippen LogP contribution is -2.44. The summed E-state index contributed by atoms with van der Waals surface area (Å²) in [6.07, 6.45) is 0.500. The number of aromatic nitrogens is 3. The van der Waals surface area contributed by atoms with Crippen LogP contribution in [-0.4, -0.2) is 89.6 Å². The van der Waals surface area contributed by atoms with Gasteiger partial charge in [0.2, 0.25) is 11.9 Å². The van der Waals surface area contributed by atoms with Gasteiger partial charge in [0.1, 0.15) is 0 Å². The smallest absolute Gasteiger partial charge is 0.236 e. The van der Waals surface area contributed by atoms with Gasteiger partial charge >= 0.3 is 0 Å². The van der Waals surface area contributed by atoms with Gasteiger partial charge in [-0.25, -0.2) is 8.42 Å². The lowest BCUT2D eigenvalue weighted by Gasteiger charge is -2.29. The van der Waals surface area contributed by atoms with Crippen LogP contribution in [0.25, 0.3) is 5.69 Å². The maximum absolute atomic E-state index is 13.3. The molecular weight excluding hydrogens is 462 g/mol. The summed E-state index contributed by atoms with van der Waals surface area (Å²) in [6, 6.07) is 7.87. The second-order valence-corrected chi connectivity index (χ2v) is 12.0. The molecule has 0 saturated carbocycles. The van der Waals surface area contributed by atoms with Crippen LogP contribution >= 0.6 is 11.8 Å². The first-order chi connectivity index (χ1) is 15.8. The molecule has 1 aromatic carbocycles. The average molecular weight is 494 g/mol. The molecule has 1 amide bonds. The Labute approximate surface area is 199 Å². The molecule has 4 rings (SSSR count). The molecule has 0 N–H and O–H groups in total. The average Bonchev–Trinajstić information content (AvgIpc) is 3.37. The van der Waals surface area contributed by atoms with Crippen LogP contribution in [0.3, 0.4) is 0 Å². The van der Waals surface area contributed by atoms with Crippen LogP contribution in [-0.2, 0) is 19.4 Å². The Morgan fingerprint density at radius 3 is 2.70 bits per heavy atom. The van der Waals surface area contributed by atoms with Gasteiger partial charge < -0.3 is 14.5 Å². The van der Waals surface area contributed by atoms with Crippen LogP contribution < -0.4 is 4.90 Å². The fraction of sp³-hybridized carbons (Fsp3) is 0.591. The van der Waals surface area contributed by atoms with Gasteiger partial charge in [0.05, 0.1) is 35.7 Å². The van der Waals surface area contributed by atoms with Crippen molar-refractivity contribution in [2.75, 3.05) is 49.3 Å². The molecule has 2 aliphatic rings. The Balaban J connectivity index is 1.60. The van der Waals surface area contributed by atoms with E-state index in [1.807, 2.05) is 43.5 Å². The predicted octanol–water partition coefficient (Wildman–Crippen LogP) is 1.93. The van der Waals surface area contributed by atoms with Gasteiger partial charge in [0.15, 0.2) is 15.0 Å². The van der Waals surface area contributed by atoms with Crippen molar-refractivity contribution < 1.29 is 17.9 Å². The molecule has 3 heterocycles. The highest BCUT2D eigenvalue weighted by Crippen LogP contribution is 2.31. The minimum atomic E-state index is -3.07. The molecule has 180 valence electrons. The fourth-order valence-corrected chi connectivity index (χ4v) is 7.02. The van der Waals surface area contributed by atoms with E-state index in [0.717, 1.165) is 30.3 Å². The number of anilines is 1. The van der Waals surface area contributed by atoms with E-state index < -0.39 is 15.1 Å². The number of sulfone groups is 1. The Morgan fingerprint density at radius 2 is 2.06 bits per heavy atom. The standard InChI is InChI=1S/C22H31N5O4S2/c1-4-26(19-8-13-33(29,30)15-19)20(28)17(3)32-22-24-23-21(25-9-11-31-12-10-25)27(22)18-7-5-6-16(2)14-18/h5-7,14,17,19H,4,8-13,15H2,1-3H3. The van der Waals surface area contributed by atoms with Crippen LogP contribution in [0.4, 0.5) is 5.95 Å². The second kappa shape index (κ2) is 10.0. The Kier molecular flexibility index (Phi) is 7.30. The highest BCUT2D eigenvalue weighted by atomic mass is 32.2. The zero-order valence-corrected chi connectivity index (χ0v) is 20.9. The first-order valence-corrected chi connectivity index (χ1v) is 14.0. The number of rotatable bonds is 7. The highest BCUT2D eigenvalue weighted by Gasteiger charge is 2.36. The summed E-state index contributed by atoms with van der Waals surface area (Å²) < 4.78 is 31.4. The normalized spacial score (nSPS) is 21.2. The molecule has 11 heteroatoms. The number of hydrogen-bond acceptors (Lipinski definition) is 8. The highest BCUT2D eigenvalue weighted by molar-refractivity contribution is 8.00. The van der Waals surface area contributed by atoms with Crippen molar-refractivity contribution in [3.05, 3.63) is 29.8 Å². The third kappa shape index (κ3) is 5.36. The Hall–Kier alpha value is -2.11. The molecule has 2 saturated heterocycles. The second-order valence-electron chi connectivity index (χ2n) is 8.50. The number of aryl methyl sites for hydroxylation is 1. The Morgan fingerprint density at radius 1 is 1.30 bits per heavy atom. The van der Waals surface area contributed by atoms with Gasteiger partial charge in [-0.1, -0.05) is 23.9 Å². The number of carbonyl (C=O) groups is 1. The molecule has 1 aromatic heterocycles. The molecule has 2 unspecified atom stereocenters. The Bertz CT molecular complexity index is 1100. The monoisotopic (exact) mass is 493 g/mol. The van der Waals surface area contributed by atoms with E-state index in [1.165, 1.54) is 11.8 Å². The molecule has 0 bridgehead atoms. The number of thioether (sulfide) groups is 1. The summed E-state index contributed by atoms with van der Waals surface area (Å²) in [5.41, 5.74) is 2.06. The van der Waals surface area contributed by atoms with Gasteiger partial charge in [-0.05, 0) is 44.9 Å². The quantitative estimate of drug-likeness (QED) is 0.540. The number of hydrogen-bond donors (Lipinski definition) is 0. The zero-order valence-electron chi connectivity index (χ0n) is 19.3. The van der Waals surface area contributed by atoms with Crippen LogP contribution in [0, 0.1) is 6.92 Å². The fourth-order valence-electron chi connectivity index (χ4n) is 4.36. The van der Waals surface area contributed by atoms with Crippen LogP contribution in [0.5, 0.6) is 0 Å². The van der Waals surface area contributed by atoms with E-state index >= 15 is 0 Å². The maximum atomic E-state index is 13.3. The first kappa shape index (κ1) is 24.0. The summed E-state index contributed by atoms with van der Waals surface area (Å²) in [5.74, 6) is 0.856. The number of nitrogens with zero attached hydrogens (tertiary/aromatic N) is 5. The summed E-state index contributed by atoms with van der Waals surface area (Å²) >= 11 is 1.36. The van der Waals surface area contributed by atoms with E-state index in [1.54, 1.807) is 4.90 Å².